The van der Waals surface area contributed by atoms with Crippen molar-refractivity contribution in [2.24, 2.45) is 0 Å². The molecule has 1 nitrogen and oxygen atoms in total. The molecular formula is C13H15F3O. The van der Waals surface area contributed by atoms with Crippen LogP contribution in [0.25, 0.3) is 0 Å². The van der Waals surface area contributed by atoms with Crippen LogP contribution in [-0.2, 0) is 11.8 Å². The number of halogens is 3. The summed E-state index contributed by atoms with van der Waals surface area (Å²) >= 11 is 0. The number of aliphatic hydroxyl groups is 1. The fourth-order valence-corrected chi connectivity index (χ4v) is 1.56. The van der Waals surface area contributed by atoms with Gasteiger partial charge < -0.3 is 5.11 Å². The van der Waals surface area contributed by atoms with E-state index in [2.05, 4.69) is 6.58 Å². The maximum Gasteiger partial charge on any atom is 0.416 e. The largest absolute Gasteiger partial charge is 0.416 e. The Balaban J connectivity index is 3.02. The minimum absolute atomic E-state index is 0.272. The number of hydrogen-bond donors (Lipinski definition) is 1. The van der Waals surface area contributed by atoms with Crippen molar-refractivity contribution in [1.82, 2.24) is 0 Å². The van der Waals surface area contributed by atoms with Gasteiger partial charge in [-0.15, -0.1) is 6.58 Å². The first-order valence-electron chi connectivity index (χ1n) is 5.28. The number of allylic oxidation sites excluding steroid dienone is 1. The molecule has 0 aliphatic carbocycles. The number of rotatable bonds is 4. The van der Waals surface area contributed by atoms with E-state index in [-0.39, 0.29) is 5.56 Å². The molecule has 1 N–H and O–H groups in total. The van der Waals surface area contributed by atoms with E-state index in [0.717, 1.165) is 12.1 Å². The number of hydrogen-bond acceptors (Lipinski definition) is 1. The average molecular weight is 244 g/mol. The van der Waals surface area contributed by atoms with Gasteiger partial charge in [0.2, 0.25) is 0 Å². The summed E-state index contributed by atoms with van der Waals surface area (Å²) in [6, 6.07) is 4.79. The molecule has 0 heterocycles. The van der Waals surface area contributed by atoms with Crippen LogP contribution >= 0.6 is 0 Å². The third-order valence-corrected chi connectivity index (χ3v) is 2.65. The zero-order valence-corrected chi connectivity index (χ0v) is 9.59. The molecule has 4 heteroatoms. The molecule has 0 saturated heterocycles. The lowest BCUT2D eigenvalue weighted by Crippen LogP contribution is -2.21. The van der Waals surface area contributed by atoms with E-state index in [1.54, 1.807) is 6.08 Å². The molecule has 0 spiro atoms. The minimum Gasteiger partial charge on any atom is -0.385 e. The molecule has 0 aliphatic rings. The fourth-order valence-electron chi connectivity index (χ4n) is 1.56. The Labute approximate surface area is 98.6 Å². The SMILES string of the molecule is C=CCCC(C)(O)c1cccc(C(F)(F)F)c1. The molecule has 0 fully saturated rings. The van der Waals surface area contributed by atoms with Crippen LogP contribution in [0.3, 0.4) is 0 Å². The van der Waals surface area contributed by atoms with E-state index in [1.165, 1.54) is 19.1 Å². The second-order valence-electron chi connectivity index (χ2n) is 4.18. The lowest BCUT2D eigenvalue weighted by atomic mass is 9.90. The first-order chi connectivity index (χ1) is 7.77. The standard InChI is InChI=1S/C13H15F3O/c1-3-4-8-12(2,17)10-6-5-7-11(9-10)13(14,15)16/h3,5-7,9,17H,1,4,8H2,2H3. The van der Waals surface area contributed by atoms with Crippen molar-refractivity contribution < 1.29 is 18.3 Å². The van der Waals surface area contributed by atoms with E-state index in [4.69, 9.17) is 0 Å². The average Bonchev–Trinajstić information content (AvgIpc) is 2.25. The highest BCUT2D eigenvalue weighted by Gasteiger charge is 2.32. The van der Waals surface area contributed by atoms with E-state index in [9.17, 15) is 18.3 Å². The van der Waals surface area contributed by atoms with Crippen molar-refractivity contribution in [2.45, 2.75) is 31.5 Å². The normalized spacial score (nSPS) is 15.4. The molecule has 0 aliphatic heterocycles. The van der Waals surface area contributed by atoms with E-state index in [1.807, 2.05) is 0 Å². The van der Waals surface area contributed by atoms with Gasteiger partial charge in [-0.05, 0) is 37.5 Å². The quantitative estimate of drug-likeness (QED) is 0.797. The Kier molecular flexibility index (Phi) is 3.98. The first kappa shape index (κ1) is 13.8. The van der Waals surface area contributed by atoms with Crippen molar-refractivity contribution in [3.05, 3.63) is 48.0 Å². The molecule has 1 aromatic rings. The summed E-state index contributed by atoms with van der Waals surface area (Å²) in [5, 5.41) is 10.1. The molecular weight excluding hydrogens is 229 g/mol. The molecule has 0 radical (unpaired) electrons. The zero-order valence-electron chi connectivity index (χ0n) is 9.59. The molecule has 1 atom stereocenters. The third-order valence-electron chi connectivity index (χ3n) is 2.65. The second kappa shape index (κ2) is 4.92. The molecule has 0 saturated carbocycles. The molecule has 0 aromatic heterocycles. The van der Waals surface area contributed by atoms with Gasteiger partial charge in [-0.25, -0.2) is 0 Å². The Morgan fingerprint density at radius 1 is 1.29 bits per heavy atom. The maximum absolute atomic E-state index is 12.5. The highest BCUT2D eigenvalue weighted by Crippen LogP contribution is 2.33. The number of benzene rings is 1. The van der Waals surface area contributed by atoms with Gasteiger partial charge in [-0.1, -0.05) is 18.2 Å². The Morgan fingerprint density at radius 2 is 1.88 bits per heavy atom. The third kappa shape index (κ3) is 3.60. The Hall–Kier alpha value is -1.29. The van der Waals surface area contributed by atoms with Crippen molar-refractivity contribution in [2.75, 3.05) is 0 Å². The molecule has 94 valence electrons. The Morgan fingerprint density at radius 3 is 2.41 bits per heavy atom. The van der Waals surface area contributed by atoms with Gasteiger partial charge in [-0.2, -0.15) is 13.2 Å². The van der Waals surface area contributed by atoms with Gasteiger partial charge >= 0.3 is 6.18 Å². The summed E-state index contributed by atoms with van der Waals surface area (Å²) in [7, 11) is 0. The van der Waals surface area contributed by atoms with E-state index in [0.29, 0.717) is 12.8 Å². The predicted octanol–water partition coefficient (Wildman–Crippen LogP) is 3.88. The van der Waals surface area contributed by atoms with Crippen LogP contribution in [0.1, 0.15) is 30.9 Å². The molecule has 1 unspecified atom stereocenters. The van der Waals surface area contributed by atoms with Crippen LogP contribution in [-0.4, -0.2) is 5.11 Å². The molecule has 1 aromatic carbocycles. The second-order valence-corrected chi connectivity index (χ2v) is 4.18. The summed E-state index contributed by atoms with van der Waals surface area (Å²) < 4.78 is 37.5. The molecule has 17 heavy (non-hydrogen) atoms. The number of alkyl halides is 3. The Bertz CT molecular complexity index is 394. The highest BCUT2D eigenvalue weighted by atomic mass is 19.4. The van der Waals surface area contributed by atoms with Gasteiger partial charge in [0, 0.05) is 0 Å². The van der Waals surface area contributed by atoms with E-state index >= 15 is 0 Å². The topological polar surface area (TPSA) is 20.2 Å². The smallest absolute Gasteiger partial charge is 0.385 e. The van der Waals surface area contributed by atoms with Crippen LogP contribution in [0, 0.1) is 0 Å². The van der Waals surface area contributed by atoms with Crippen molar-refractivity contribution in [1.29, 1.82) is 0 Å². The van der Waals surface area contributed by atoms with Gasteiger partial charge in [0.1, 0.15) is 0 Å². The van der Waals surface area contributed by atoms with Crippen molar-refractivity contribution in [3.8, 4) is 0 Å². The zero-order chi connectivity index (χ0) is 13.1. The molecule has 0 amide bonds. The van der Waals surface area contributed by atoms with Crippen molar-refractivity contribution >= 4 is 0 Å². The fraction of sp³-hybridized carbons (Fsp3) is 0.385. The summed E-state index contributed by atoms with van der Waals surface area (Å²) in [5.41, 5.74) is -1.74. The first-order valence-corrected chi connectivity index (χ1v) is 5.28. The summed E-state index contributed by atoms with van der Waals surface area (Å²) in [4.78, 5) is 0. The minimum atomic E-state index is -4.38. The van der Waals surface area contributed by atoms with Crippen LogP contribution < -0.4 is 0 Å². The lowest BCUT2D eigenvalue weighted by molar-refractivity contribution is -0.137. The van der Waals surface area contributed by atoms with Gasteiger partial charge in [0.15, 0.2) is 0 Å². The lowest BCUT2D eigenvalue weighted by Gasteiger charge is -2.24. The van der Waals surface area contributed by atoms with Gasteiger partial charge in [0.25, 0.3) is 0 Å². The van der Waals surface area contributed by atoms with Gasteiger partial charge in [0.05, 0.1) is 11.2 Å². The summed E-state index contributed by atoms with van der Waals surface area (Å²) in [5.74, 6) is 0. The van der Waals surface area contributed by atoms with Crippen molar-refractivity contribution in [3.63, 3.8) is 0 Å². The molecule has 1 rings (SSSR count). The summed E-state index contributed by atoms with van der Waals surface area (Å²) in [6.45, 7) is 5.03. The van der Waals surface area contributed by atoms with E-state index < -0.39 is 17.3 Å². The van der Waals surface area contributed by atoms with Crippen LogP contribution in [0.5, 0.6) is 0 Å². The van der Waals surface area contributed by atoms with Crippen LogP contribution in [0.15, 0.2) is 36.9 Å². The summed E-state index contributed by atoms with van der Waals surface area (Å²) in [6.07, 6.45) is -1.87. The van der Waals surface area contributed by atoms with Crippen LogP contribution in [0.2, 0.25) is 0 Å². The highest BCUT2D eigenvalue weighted by molar-refractivity contribution is 5.29. The van der Waals surface area contributed by atoms with Gasteiger partial charge in [-0.3, -0.25) is 0 Å². The maximum atomic E-state index is 12.5. The monoisotopic (exact) mass is 244 g/mol. The molecule has 0 bridgehead atoms. The van der Waals surface area contributed by atoms with Crippen LogP contribution in [0.4, 0.5) is 13.2 Å². The predicted molar refractivity (Wildman–Crippen MR) is 60.4 cm³/mol.